The van der Waals surface area contributed by atoms with Crippen molar-refractivity contribution < 1.29 is 13.2 Å². The second kappa shape index (κ2) is 8.34. The molecule has 1 aliphatic rings. The maximum Gasteiger partial charge on any atom is 0.244 e. The van der Waals surface area contributed by atoms with Gasteiger partial charge in [0.2, 0.25) is 10.0 Å². The Morgan fingerprint density at radius 3 is 2.07 bits per heavy atom. The SMILES string of the molecule is Cc1ccc(S(=O)(=O)N2[C@@H](c3ccccc3)CC(=O)C[C@H]2c2cccc(Cl)c2)cc1. The standard InChI is InChI=1S/C24H22ClNO3S/c1-17-10-12-22(13-11-17)30(28,29)26-23(18-6-3-2-4-7-18)15-21(27)16-24(26)19-8-5-9-20(25)14-19/h2-14,23-24H,15-16H2,1H3/t23-,24+/m1/s1. The number of halogens is 1. The van der Waals surface area contributed by atoms with Gasteiger partial charge in [-0.1, -0.05) is 71.8 Å². The highest BCUT2D eigenvalue weighted by Gasteiger charge is 2.44. The number of Topliss-reactive ketones (excluding diaryl/α,β-unsaturated/α-hetero) is 1. The van der Waals surface area contributed by atoms with Gasteiger partial charge in [-0.3, -0.25) is 4.79 Å². The van der Waals surface area contributed by atoms with Crippen molar-refractivity contribution in [3.63, 3.8) is 0 Å². The fourth-order valence-electron chi connectivity index (χ4n) is 4.00. The van der Waals surface area contributed by atoms with Crippen molar-refractivity contribution >= 4 is 27.4 Å². The summed E-state index contributed by atoms with van der Waals surface area (Å²) in [6, 6.07) is 22.0. The number of ketones is 1. The van der Waals surface area contributed by atoms with Crippen molar-refractivity contribution in [1.82, 2.24) is 4.31 Å². The largest absolute Gasteiger partial charge is 0.300 e. The lowest BCUT2D eigenvalue weighted by atomic mass is 9.89. The van der Waals surface area contributed by atoms with E-state index in [2.05, 4.69) is 0 Å². The van der Waals surface area contributed by atoms with E-state index in [4.69, 9.17) is 11.6 Å². The number of carbonyl (C=O) groups is 1. The first-order chi connectivity index (χ1) is 14.4. The van der Waals surface area contributed by atoms with Gasteiger partial charge in [-0.15, -0.1) is 0 Å². The summed E-state index contributed by atoms with van der Waals surface area (Å²) in [5.41, 5.74) is 2.49. The molecule has 154 valence electrons. The van der Waals surface area contributed by atoms with Gasteiger partial charge in [-0.25, -0.2) is 8.42 Å². The average molecular weight is 440 g/mol. The molecule has 0 aromatic heterocycles. The van der Waals surface area contributed by atoms with E-state index in [0.29, 0.717) is 10.6 Å². The van der Waals surface area contributed by atoms with Gasteiger partial charge in [-0.05, 0) is 42.3 Å². The molecule has 0 saturated carbocycles. The Morgan fingerprint density at radius 2 is 1.43 bits per heavy atom. The zero-order valence-corrected chi connectivity index (χ0v) is 18.1. The fraction of sp³-hybridized carbons (Fsp3) is 0.208. The lowest BCUT2D eigenvalue weighted by Crippen LogP contribution is -2.43. The van der Waals surface area contributed by atoms with Crippen molar-refractivity contribution in [3.05, 3.63) is 101 Å². The third kappa shape index (κ3) is 4.06. The van der Waals surface area contributed by atoms with Crippen molar-refractivity contribution in [3.8, 4) is 0 Å². The molecule has 1 heterocycles. The van der Waals surface area contributed by atoms with E-state index in [1.807, 2.05) is 43.3 Å². The van der Waals surface area contributed by atoms with Crippen LogP contribution >= 0.6 is 11.6 Å². The molecule has 0 bridgehead atoms. The quantitative estimate of drug-likeness (QED) is 0.540. The second-order valence-electron chi connectivity index (χ2n) is 7.59. The highest BCUT2D eigenvalue weighted by Crippen LogP contribution is 2.44. The van der Waals surface area contributed by atoms with Gasteiger partial charge in [0.15, 0.2) is 0 Å². The highest BCUT2D eigenvalue weighted by molar-refractivity contribution is 7.89. The molecule has 0 unspecified atom stereocenters. The van der Waals surface area contributed by atoms with Crippen molar-refractivity contribution in [2.75, 3.05) is 0 Å². The lowest BCUT2D eigenvalue weighted by Gasteiger charge is -2.41. The number of piperidine rings is 1. The number of hydrogen-bond acceptors (Lipinski definition) is 3. The van der Waals surface area contributed by atoms with Crippen LogP contribution in [0.4, 0.5) is 0 Å². The van der Waals surface area contributed by atoms with Gasteiger partial charge < -0.3 is 0 Å². The van der Waals surface area contributed by atoms with Crippen LogP contribution < -0.4 is 0 Å². The van der Waals surface area contributed by atoms with E-state index in [0.717, 1.165) is 11.1 Å². The fourth-order valence-corrected chi connectivity index (χ4v) is 5.98. The van der Waals surface area contributed by atoms with Crippen LogP contribution in [0, 0.1) is 6.92 Å². The molecule has 6 heteroatoms. The van der Waals surface area contributed by atoms with Crippen LogP contribution in [0.15, 0.2) is 83.8 Å². The molecule has 4 nitrogen and oxygen atoms in total. The van der Waals surface area contributed by atoms with Crippen LogP contribution in [0.25, 0.3) is 0 Å². The predicted octanol–water partition coefficient (Wildman–Crippen LogP) is 5.48. The summed E-state index contributed by atoms with van der Waals surface area (Å²) in [7, 11) is -3.87. The molecule has 3 aromatic carbocycles. The van der Waals surface area contributed by atoms with E-state index in [9.17, 15) is 13.2 Å². The third-order valence-electron chi connectivity index (χ3n) is 5.47. The minimum absolute atomic E-state index is 0.0317. The van der Waals surface area contributed by atoms with E-state index in [-0.39, 0.29) is 23.5 Å². The molecule has 1 saturated heterocycles. The summed E-state index contributed by atoms with van der Waals surface area (Å²) in [6.45, 7) is 1.91. The minimum Gasteiger partial charge on any atom is -0.300 e. The zero-order valence-electron chi connectivity index (χ0n) is 16.5. The lowest BCUT2D eigenvalue weighted by molar-refractivity contribution is -0.123. The van der Waals surface area contributed by atoms with Gasteiger partial charge >= 0.3 is 0 Å². The molecule has 0 spiro atoms. The van der Waals surface area contributed by atoms with Crippen LogP contribution in [0.5, 0.6) is 0 Å². The zero-order chi connectivity index (χ0) is 21.3. The molecule has 30 heavy (non-hydrogen) atoms. The molecule has 3 aromatic rings. The van der Waals surface area contributed by atoms with Gasteiger partial charge in [0, 0.05) is 17.9 Å². The summed E-state index contributed by atoms with van der Waals surface area (Å²) in [5, 5.41) is 0.509. The van der Waals surface area contributed by atoms with Crippen LogP contribution in [0.3, 0.4) is 0 Å². The second-order valence-corrected chi connectivity index (χ2v) is 9.87. The van der Waals surface area contributed by atoms with Crippen LogP contribution in [-0.2, 0) is 14.8 Å². The number of nitrogens with zero attached hydrogens (tertiary/aromatic N) is 1. The first kappa shape index (κ1) is 20.8. The molecule has 0 radical (unpaired) electrons. The summed E-state index contributed by atoms with van der Waals surface area (Å²) >= 11 is 6.20. The van der Waals surface area contributed by atoms with E-state index in [1.54, 1.807) is 42.5 Å². The Morgan fingerprint density at radius 1 is 0.833 bits per heavy atom. The Labute approximate surface area is 182 Å². The number of rotatable bonds is 4. The Bertz CT molecular complexity index is 1160. The normalized spacial score (nSPS) is 20.3. The molecule has 2 atom stereocenters. The third-order valence-corrected chi connectivity index (χ3v) is 7.64. The Kier molecular flexibility index (Phi) is 5.78. The number of hydrogen-bond donors (Lipinski definition) is 0. The minimum atomic E-state index is -3.87. The summed E-state index contributed by atoms with van der Waals surface area (Å²) in [4.78, 5) is 12.9. The molecule has 1 fully saturated rings. The highest BCUT2D eigenvalue weighted by atomic mass is 35.5. The van der Waals surface area contributed by atoms with Gasteiger partial charge in [0.05, 0.1) is 17.0 Å². The number of aryl methyl sites for hydroxylation is 1. The molecule has 4 rings (SSSR count). The van der Waals surface area contributed by atoms with Crippen LogP contribution in [-0.4, -0.2) is 18.5 Å². The first-order valence-electron chi connectivity index (χ1n) is 9.78. The molecule has 0 N–H and O–H groups in total. The number of benzene rings is 3. The maximum absolute atomic E-state index is 13.8. The monoisotopic (exact) mass is 439 g/mol. The molecule has 1 aliphatic heterocycles. The maximum atomic E-state index is 13.8. The molecule has 0 amide bonds. The van der Waals surface area contributed by atoms with Crippen LogP contribution in [0.1, 0.15) is 41.6 Å². The summed E-state index contributed by atoms with van der Waals surface area (Å²) < 4.78 is 29.2. The number of carbonyl (C=O) groups excluding carboxylic acids is 1. The van der Waals surface area contributed by atoms with Gasteiger partial charge in [0.1, 0.15) is 5.78 Å². The topological polar surface area (TPSA) is 54.5 Å². The molecule has 0 aliphatic carbocycles. The van der Waals surface area contributed by atoms with E-state index < -0.39 is 22.1 Å². The Balaban J connectivity index is 1.89. The van der Waals surface area contributed by atoms with Crippen molar-refractivity contribution in [2.24, 2.45) is 0 Å². The van der Waals surface area contributed by atoms with Crippen molar-refractivity contribution in [1.29, 1.82) is 0 Å². The van der Waals surface area contributed by atoms with E-state index in [1.165, 1.54) is 4.31 Å². The van der Waals surface area contributed by atoms with E-state index >= 15 is 0 Å². The first-order valence-corrected chi connectivity index (χ1v) is 11.6. The molecular formula is C24H22ClNO3S. The Hall–Kier alpha value is -2.47. The number of sulfonamides is 1. The van der Waals surface area contributed by atoms with Gasteiger partial charge in [-0.2, -0.15) is 4.31 Å². The van der Waals surface area contributed by atoms with Crippen LogP contribution in [0.2, 0.25) is 5.02 Å². The van der Waals surface area contributed by atoms with Gasteiger partial charge in [0.25, 0.3) is 0 Å². The predicted molar refractivity (Wildman–Crippen MR) is 118 cm³/mol. The summed E-state index contributed by atoms with van der Waals surface area (Å²) in [5.74, 6) is 0.0317. The van der Waals surface area contributed by atoms with Crippen molar-refractivity contribution in [2.45, 2.75) is 36.7 Å². The molecular weight excluding hydrogens is 418 g/mol. The smallest absolute Gasteiger partial charge is 0.244 e. The average Bonchev–Trinajstić information content (AvgIpc) is 2.74. The summed E-state index contributed by atoms with van der Waals surface area (Å²) in [6.07, 6.45) is 0.265.